The molecule has 1 N–H and O–H groups in total. The summed E-state index contributed by atoms with van der Waals surface area (Å²) in [6, 6.07) is 15.9. The van der Waals surface area contributed by atoms with Crippen LogP contribution in [0.2, 0.25) is 0 Å². The van der Waals surface area contributed by atoms with Gasteiger partial charge in [0.1, 0.15) is 6.04 Å². The van der Waals surface area contributed by atoms with Gasteiger partial charge in [-0.2, -0.15) is 0 Å². The van der Waals surface area contributed by atoms with Crippen molar-refractivity contribution in [2.45, 2.75) is 45.7 Å². The van der Waals surface area contributed by atoms with Crippen molar-refractivity contribution < 1.29 is 13.2 Å². The Balaban J connectivity index is 1.69. The van der Waals surface area contributed by atoms with Gasteiger partial charge >= 0.3 is 0 Å². The van der Waals surface area contributed by atoms with E-state index in [0.29, 0.717) is 11.6 Å². The monoisotopic (exact) mass is 443 g/mol. The summed E-state index contributed by atoms with van der Waals surface area (Å²) in [6.45, 7) is 7.96. The van der Waals surface area contributed by atoms with E-state index in [1.54, 1.807) is 31.2 Å². The first-order valence-electron chi connectivity index (χ1n) is 10.9. The van der Waals surface area contributed by atoms with Crippen molar-refractivity contribution in [3.8, 4) is 0 Å². The molecule has 1 fully saturated rings. The zero-order valence-electron chi connectivity index (χ0n) is 18.8. The Morgan fingerprint density at radius 3 is 2.32 bits per heavy atom. The van der Waals surface area contributed by atoms with Gasteiger partial charge in [-0.1, -0.05) is 37.3 Å². The molecule has 1 amide bonds. The minimum atomic E-state index is -3.62. The van der Waals surface area contributed by atoms with Crippen LogP contribution in [-0.2, 0) is 14.8 Å². The normalized spacial score (nSPS) is 18.8. The van der Waals surface area contributed by atoms with E-state index in [2.05, 4.69) is 29.3 Å². The molecule has 6 nitrogen and oxygen atoms in total. The van der Waals surface area contributed by atoms with Crippen LogP contribution in [0.3, 0.4) is 0 Å². The summed E-state index contributed by atoms with van der Waals surface area (Å²) in [4.78, 5) is 15.3. The summed E-state index contributed by atoms with van der Waals surface area (Å²) in [5, 5.41) is 2.97. The molecule has 3 atom stereocenters. The second-order valence-corrected chi connectivity index (χ2v) is 10.4. The van der Waals surface area contributed by atoms with Crippen LogP contribution in [-0.4, -0.2) is 39.7 Å². The number of piperidine rings is 1. The number of amides is 1. The number of nitrogens with one attached hydrogen (secondary N) is 1. The van der Waals surface area contributed by atoms with Gasteiger partial charge in [0.05, 0.1) is 18.0 Å². The molecular formula is C24H33N3O3S. The maximum absolute atomic E-state index is 12.9. The molecule has 0 unspecified atom stereocenters. The number of sulfonamides is 1. The fourth-order valence-electron chi connectivity index (χ4n) is 4.20. The van der Waals surface area contributed by atoms with Gasteiger partial charge in [-0.25, -0.2) is 8.42 Å². The molecule has 1 heterocycles. The van der Waals surface area contributed by atoms with Gasteiger partial charge in [0.25, 0.3) is 0 Å². The second kappa shape index (κ2) is 9.73. The van der Waals surface area contributed by atoms with E-state index in [0.717, 1.165) is 29.2 Å². The fraction of sp³-hybridized carbons (Fsp3) is 0.458. The smallest absolute Gasteiger partial charge is 0.244 e. The summed E-state index contributed by atoms with van der Waals surface area (Å²) in [6.07, 6.45) is 3.61. The molecule has 0 bridgehead atoms. The molecule has 31 heavy (non-hydrogen) atoms. The zero-order valence-corrected chi connectivity index (χ0v) is 19.6. The molecule has 1 saturated heterocycles. The lowest BCUT2D eigenvalue weighted by atomic mass is 9.99. The first-order valence-corrected chi connectivity index (χ1v) is 12.7. The Hall–Kier alpha value is -2.54. The van der Waals surface area contributed by atoms with Gasteiger partial charge < -0.3 is 10.2 Å². The predicted octanol–water partition coefficient (Wildman–Crippen LogP) is 3.95. The number of hydrogen-bond acceptors (Lipinski definition) is 4. The van der Waals surface area contributed by atoms with Crippen LogP contribution in [0, 0.1) is 5.92 Å². The van der Waals surface area contributed by atoms with Crippen molar-refractivity contribution >= 4 is 27.3 Å². The summed E-state index contributed by atoms with van der Waals surface area (Å²) in [5.41, 5.74) is 2.66. The van der Waals surface area contributed by atoms with Gasteiger partial charge in [0.2, 0.25) is 15.9 Å². The first-order chi connectivity index (χ1) is 14.7. The topological polar surface area (TPSA) is 69.7 Å². The van der Waals surface area contributed by atoms with Gasteiger partial charge in [-0.05, 0) is 62.4 Å². The van der Waals surface area contributed by atoms with Crippen LogP contribution in [0.25, 0.3) is 0 Å². The van der Waals surface area contributed by atoms with Crippen molar-refractivity contribution in [1.82, 2.24) is 5.32 Å². The summed E-state index contributed by atoms with van der Waals surface area (Å²) < 4.78 is 25.9. The molecular weight excluding hydrogens is 410 g/mol. The quantitative estimate of drug-likeness (QED) is 0.703. The number of nitrogens with zero attached hydrogens (tertiary/aromatic N) is 2. The zero-order chi connectivity index (χ0) is 22.6. The average Bonchev–Trinajstić information content (AvgIpc) is 2.73. The molecule has 0 saturated carbocycles. The van der Waals surface area contributed by atoms with Crippen molar-refractivity contribution in [2.75, 3.05) is 28.6 Å². The van der Waals surface area contributed by atoms with E-state index in [4.69, 9.17) is 0 Å². The summed E-state index contributed by atoms with van der Waals surface area (Å²) in [7, 11) is -3.62. The van der Waals surface area contributed by atoms with Crippen LogP contribution in [0.1, 0.15) is 45.2 Å². The van der Waals surface area contributed by atoms with E-state index in [1.165, 1.54) is 18.5 Å². The Morgan fingerprint density at radius 2 is 1.74 bits per heavy atom. The Morgan fingerprint density at radius 1 is 1.10 bits per heavy atom. The van der Waals surface area contributed by atoms with Crippen molar-refractivity contribution in [3.05, 3.63) is 60.2 Å². The molecule has 1 aliphatic heterocycles. The number of carbonyl (C=O) groups excluding carboxylic acids is 1. The van der Waals surface area contributed by atoms with Crippen LogP contribution < -0.4 is 14.5 Å². The Labute approximate surface area is 186 Å². The molecule has 0 spiro atoms. The van der Waals surface area contributed by atoms with Crippen LogP contribution >= 0.6 is 0 Å². The Bertz CT molecular complexity index is 977. The van der Waals surface area contributed by atoms with E-state index in [9.17, 15) is 13.2 Å². The van der Waals surface area contributed by atoms with Crippen LogP contribution in [0.4, 0.5) is 11.4 Å². The molecule has 168 valence electrons. The SMILES string of the molecule is C[C@@H]1CCCN(c2ccc([C@H](C)NC(=O)[C@H](C)N(c3ccccc3)S(C)(=O)=O)cc2)C1. The lowest BCUT2D eigenvalue weighted by Gasteiger charge is -2.33. The highest BCUT2D eigenvalue weighted by molar-refractivity contribution is 7.92. The van der Waals surface area contributed by atoms with E-state index in [-0.39, 0.29) is 11.9 Å². The molecule has 0 aliphatic carbocycles. The lowest BCUT2D eigenvalue weighted by molar-refractivity contribution is -0.122. The molecule has 2 aromatic rings. The van der Waals surface area contributed by atoms with Gasteiger partial charge in [-0.3, -0.25) is 9.10 Å². The van der Waals surface area contributed by atoms with E-state index in [1.807, 2.05) is 25.1 Å². The highest BCUT2D eigenvalue weighted by atomic mass is 32.2. The van der Waals surface area contributed by atoms with E-state index < -0.39 is 16.1 Å². The largest absolute Gasteiger partial charge is 0.371 e. The average molecular weight is 444 g/mol. The van der Waals surface area contributed by atoms with Crippen molar-refractivity contribution in [3.63, 3.8) is 0 Å². The van der Waals surface area contributed by atoms with Crippen LogP contribution in [0.5, 0.6) is 0 Å². The Kier molecular flexibility index (Phi) is 7.26. The third-order valence-electron chi connectivity index (χ3n) is 5.87. The van der Waals surface area contributed by atoms with Crippen molar-refractivity contribution in [2.24, 2.45) is 5.92 Å². The van der Waals surface area contributed by atoms with Gasteiger partial charge in [-0.15, -0.1) is 0 Å². The predicted molar refractivity (Wildman–Crippen MR) is 127 cm³/mol. The van der Waals surface area contributed by atoms with E-state index >= 15 is 0 Å². The second-order valence-electron chi connectivity index (χ2n) is 8.59. The molecule has 3 rings (SSSR count). The number of benzene rings is 2. The number of rotatable bonds is 7. The maximum atomic E-state index is 12.9. The molecule has 0 radical (unpaired) electrons. The first kappa shape index (κ1) is 23.1. The third kappa shape index (κ3) is 5.79. The summed E-state index contributed by atoms with van der Waals surface area (Å²) in [5.74, 6) is 0.367. The van der Waals surface area contributed by atoms with Gasteiger partial charge in [0, 0.05) is 18.8 Å². The highest BCUT2D eigenvalue weighted by Crippen LogP contribution is 2.25. The van der Waals surface area contributed by atoms with Crippen molar-refractivity contribution in [1.29, 1.82) is 0 Å². The minimum absolute atomic E-state index is 0.235. The standard InChI is InChI=1S/C24H33N3O3S/c1-18-9-8-16-26(17-18)22-14-12-21(13-15-22)19(2)25-24(28)20(3)27(31(4,29)30)23-10-6-5-7-11-23/h5-7,10-15,18-20H,8-9,16-17H2,1-4H3,(H,25,28)/t18-,19+,20+/m1/s1. The molecule has 2 aromatic carbocycles. The summed E-state index contributed by atoms with van der Waals surface area (Å²) >= 11 is 0. The molecule has 7 heteroatoms. The minimum Gasteiger partial charge on any atom is -0.371 e. The molecule has 1 aliphatic rings. The highest BCUT2D eigenvalue weighted by Gasteiger charge is 2.29. The number of anilines is 2. The number of carbonyl (C=O) groups is 1. The molecule has 0 aromatic heterocycles. The van der Waals surface area contributed by atoms with Gasteiger partial charge in [0.15, 0.2) is 0 Å². The number of para-hydroxylation sites is 1. The van der Waals surface area contributed by atoms with Crippen LogP contribution in [0.15, 0.2) is 54.6 Å². The third-order valence-corrected chi connectivity index (χ3v) is 7.11. The maximum Gasteiger partial charge on any atom is 0.244 e. The number of hydrogen-bond donors (Lipinski definition) is 1. The lowest BCUT2D eigenvalue weighted by Crippen LogP contribution is -2.48. The fourth-order valence-corrected chi connectivity index (χ4v) is 5.37.